The molecule has 1 fully saturated rings. The van der Waals surface area contributed by atoms with Crippen LogP contribution in [0.1, 0.15) is 39.5 Å². The number of nitrogens with one attached hydrogen (secondary N) is 2. The van der Waals surface area contributed by atoms with Gasteiger partial charge in [-0.25, -0.2) is 0 Å². The number of piperidine rings is 1. The highest BCUT2D eigenvalue weighted by atomic mass is 16.5. The summed E-state index contributed by atoms with van der Waals surface area (Å²) in [5.41, 5.74) is 0. The van der Waals surface area contributed by atoms with Crippen molar-refractivity contribution in [3.63, 3.8) is 0 Å². The molecular formula is C15H31N3O2. The minimum absolute atomic E-state index is 0.0945. The van der Waals surface area contributed by atoms with E-state index in [1.165, 1.54) is 13.0 Å². The molecule has 2 N–H and O–H groups in total. The molecule has 0 aromatic rings. The molecule has 118 valence electrons. The number of nitrogens with zero attached hydrogens (tertiary/aromatic N) is 1. The van der Waals surface area contributed by atoms with Gasteiger partial charge in [0.25, 0.3) is 0 Å². The van der Waals surface area contributed by atoms with Crippen LogP contribution in [0, 0.1) is 0 Å². The molecule has 0 aromatic carbocycles. The zero-order valence-corrected chi connectivity index (χ0v) is 13.3. The Morgan fingerprint density at radius 3 is 2.70 bits per heavy atom. The minimum atomic E-state index is -0.111. The van der Waals surface area contributed by atoms with Gasteiger partial charge in [-0.05, 0) is 52.2 Å². The van der Waals surface area contributed by atoms with Crippen molar-refractivity contribution in [1.82, 2.24) is 15.5 Å². The van der Waals surface area contributed by atoms with Gasteiger partial charge in [0, 0.05) is 26.3 Å². The van der Waals surface area contributed by atoms with E-state index in [0.29, 0.717) is 19.2 Å². The maximum atomic E-state index is 11.9. The predicted molar refractivity (Wildman–Crippen MR) is 81.9 cm³/mol. The smallest absolute Gasteiger partial charge is 0.236 e. The van der Waals surface area contributed by atoms with E-state index in [4.69, 9.17) is 4.74 Å². The Balaban J connectivity index is 2.15. The third kappa shape index (κ3) is 6.68. The largest absolute Gasteiger partial charge is 0.385 e. The number of likely N-dealkylation sites (tertiary alicyclic amines) is 1. The van der Waals surface area contributed by atoms with E-state index < -0.39 is 0 Å². The molecule has 1 heterocycles. The fraction of sp³-hybridized carbons (Fsp3) is 0.933. The van der Waals surface area contributed by atoms with Crippen LogP contribution in [0.4, 0.5) is 0 Å². The summed E-state index contributed by atoms with van der Waals surface area (Å²) in [6.07, 6.45) is 4.37. The number of methoxy groups -OCH3 is 1. The zero-order valence-electron chi connectivity index (χ0n) is 13.3. The number of hydrogen-bond acceptors (Lipinski definition) is 4. The monoisotopic (exact) mass is 285 g/mol. The highest BCUT2D eigenvalue weighted by Gasteiger charge is 2.22. The summed E-state index contributed by atoms with van der Waals surface area (Å²) in [4.78, 5) is 14.4. The number of ether oxygens (including phenoxy) is 1. The summed E-state index contributed by atoms with van der Waals surface area (Å²) >= 11 is 0. The minimum Gasteiger partial charge on any atom is -0.385 e. The van der Waals surface area contributed by atoms with Gasteiger partial charge in [-0.3, -0.25) is 4.79 Å². The van der Waals surface area contributed by atoms with Crippen molar-refractivity contribution >= 4 is 5.91 Å². The molecule has 0 bridgehead atoms. The highest BCUT2D eigenvalue weighted by Crippen LogP contribution is 2.11. The third-order valence-corrected chi connectivity index (χ3v) is 3.83. The molecule has 5 heteroatoms. The summed E-state index contributed by atoms with van der Waals surface area (Å²) in [5, 5.41) is 6.40. The number of amides is 1. The van der Waals surface area contributed by atoms with Crippen molar-refractivity contribution in [2.24, 2.45) is 0 Å². The summed E-state index contributed by atoms with van der Waals surface area (Å²) in [6, 6.07) is 0.364. The molecule has 1 aliphatic heterocycles. The molecule has 1 rings (SSSR count). The highest BCUT2D eigenvalue weighted by molar-refractivity contribution is 5.81. The maximum Gasteiger partial charge on any atom is 0.236 e. The lowest BCUT2D eigenvalue weighted by molar-refractivity contribution is -0.123. The average molecular weight is 285 g/mol. The second-order valence-corrected chi connectivity index (χ2v) is 5.64. The first-order chi connectivity index (χ1) is 9.67. The molecule has 1 aliphatic rings. The van der Waals surface area contributed by atoms with Crippen molar-refractivity contribution in [1.29, 1.82) is 0 Å². The van der Waals surface area contributed by atoms with E-state index in [2.05, 4.69) is 22.5 Å². The number of carbonyl (C=O) groups excluding carboxylic acids is 1. The van der Waals surface area contributed by atoms with Crippen molar-refractivity contribution in [3.05, 3.63) is 0 Å². The Labute approximate surface area is 123 Å². The van der Waals surface area contributed by atoms with Crippen molar-refractivity contribution < 1.29 is 9.53 Å². The molecule has 0 aliphatic carbocycles. The third-order valence-electron chi connectivity index (χ3n) is 3.83. The van der Waals surface area contributed by atoms with Gasteiger partial charge in [0.1, 0.15) is 0 Å². The zero-order chi connectivity index (χ0) is 14.8. The maximum absolute atomic E-state index is 11.9. The topological polar surface area (TPSA) is 53.6 Å². The molecule has 20 heavy (non-hydrogen) atoms. The Bertz CT molecular complexity index is 266. The lowest BCUT2D eigenvalue weighted by atomic mass is 10.0. The van der Waals surface area contributed by atoms with Crippen LogP contribution >= 0.6 is 0 Å². The summed E-state index contributed by atoms with van der Waals surface area (Å²) in [6.45, 7) is 9.04. The van der Waals surface area contributed by atoms with E-state index >= 15 is 0 Å². The van der Waals surface area contributed by atoms with Crippen molar-refractivity contribution in [2.45, 2.75) is 51.6 Å². The first kappa shape index (κ1) is 17.4. The van der Waals surface area contributed by atoms with Gasteiger partial charge in [0.2, 0.25) is 5.91 Å². The Hall–Kier alpha value is -0.650. The van der Waals surface area contributed by atoms with E-state index in [1.54, 1.807) is 7.11 Å². The van der Waals surface area contributed by atoms with Gasteiger partial charge in [0.15, 0.2) is 0 Å². The quantitative estimate of drug-likeness (QED) is 0.620. The summed E-state index contributed by atoms with van der Waals surface area (Å²) in [7, 11) is 1.68. The van der Waals surface area contributed by atoms with Crippen LogP contribution in [0.25, 0.3) is 0 Å². The molecule has 0 saturated carbocycles. The first-order valence-electron chi connectivity index (χ1n) is 7.92. The molecule has 1 saturated heterocycles. The van der Waals surface area contributed by atoms with E-state index in [1.807, 2.05) is 6.92 Å². The van der Waals surface area contributed by atoms with Crippen LogP contribution in [0.2, 0.25) is 0 Å². The first-order valence-corrected chi connectivity index (χ1v) is 7.92. The van der Waals surface area contributed by atoms with Crippen LogP contribution in [-0.2, 0) is 9.53 Å². The van der Waals surface area contributed by atoms with Gasteiger partial charge in [-0.2, -0.15) is 0 Å². The molecule has 5 nitrogen and oxygen atoms in total. The molecular weight excluding hydrogens is 254 g/mol. The number of hydrogen-bond donors (Lipinski definition) is 2. The van der Waals surface area contributed by atoms with Crippen LogP contribution < -0.4 is 10.6 Å². The van der Waals surface area contributed by atoms with Crippen molar-refractivity contribution in [3.8, 4) is 0 Å². The predicted octanol–water partition coefficient (Wildman–Crippen LogP) is 0.992. The Morgan fingerprint density at radius 1 is 1.40 bits per heavy atom. The molecule has 1 unspecified atom stereocenters. The van der Waals surface area contributed by atoms with Gasteiger partial charge in [-0.1, -0.05) is 6.92 Å². The Morgan fingerprint density at radius 2 is 2.10 bits per heavy atom. The molecule has 1 atom stereocenters. The fourth-order valence-corrected chi connectivity index (χ4v) is 2.65. The average Bonchev–Trinajstić information content (AvgIpc) is 2.45. The second-order valence-electron chi connectivity index (χ2n) is 5.64. The lowest BCUT2D eigenvalue weighted by Gasteiger charge is -2.33. The fourth-order valence-electron chi connectivity index (χ4n) is 2.65. The Kier molecular flexibility index (Phi) is 8.82. The van der Waals surface area contributed by atoms with Crippen LogP contribution in [0.3, 0.4) is 0 Å². The van der Waals surface area contributed by atoms with Gasteiger partial charge in [0.05, 0.1) is 6.04 Å². The van der Waals surface area contributed by atoms with Crippen LogP contribution in [-0.4, -0.2) is 62.8 Å². The molecule has 1 amide bonds. The number of carbonyl (C=O) groups is 1. The normalized spacial score (nSPS) is 18.9. The van der Waals surface area contributed by atoms with E-state index in [9.17, 15) is 4.79 Å². The molecule has 0 radical (unpaired) electrons. The summed E-state index contributed by atoms with van der Waals surface area (Å²) in [5.74, 6) is 0.0945. The number of rotatable bonds is 9. The SMILES string of the molecule is CCCN1CCC(NC(C)C(=O)NCCCOC)CC1. The van der Waals surface area contributed by atoms with E-state index in [0.717, 1.165) is 32.4 Å². The van der Waals surface area contributed by atoms with Crippen molar-refractivity contribution in [2.75, 3.05) is 39.9 Å². The van der Waals surface area contributed by atoms with Crippen LogP contribution in [0.15, 0.2) is 0 Å². The van der Waals surface area contributed by atoms with Gasteiger partial charge < -0.3 is 20.3 Å². The summed E-state index contributed by atoms with van der Waals surface area (Å²) < 4.78 is 4.96. The molecule has 0 aromatic heterocycles. The van der Waals surface area contributed by atoms with E-state index in [-0.39, 0.29) is 11.9 Å². The lowest BCUT2D eigenvalue weighted by Crippen LogP contribution is -2.50. The van der Waals surface area contributed by atoms with Gasteiger partial charge in [-0.15, -0.1) is 0 Å². The molecule has 0 spiro atoms. The second kappa shape index (κ2) is 10.1. The van der Waals surface area contributed by atoms with Crippen LogP contribution in [0.5, 0.6) is 0 Å². The standard InChI is InChI=1S/C15H31N3O2/c1-4-9-18-10-6-14(7-11-18)17-13(2)15(19)16-8-5-12-20-3/h13-14,17H,4-12H2,1-3H3,(H,16,19). The van der Waals surface area contributed by atoms with Gasteiger partial charge >= 0.3 is 0 Å².